The Bertz CT molecular complexity index is 219. The SMILES string of the molecule is CC.CC(=O)Cc1cccnc1. The molecule has 12 heavy (non-hydrogen) atoms. The van der Waals surface area contributed by atoms with E-state index in [1.165, 1.54) is 0 Å². The smallest absolute Gasteiger partial charge is 0.134 e. The van der Waals surface area contributed by atoms with E-state index in [0.29, 0.717) is 6.42 Å². The highest BCUT2D eigenvalue weighted by molar-refractivity contribution is 5.77. The molecule has 2 nitrogen and oxygen atoms in total. The second-order valence-corrected chi connectivity index (χ2v) is 2.24. The average Bonchev–Trinajstić information content (AvgIpc) is 2.08. The van der Waals surface area contributed by atoms with Crippen LogP contribution in [0.25, 0.3) is 0 Å². The van der Waals surface area contributed by atoms with E-state index < -0.39 is 0 Å². The first-order valence-corrected chi connectivity index (χ1v) is 4.17. The van der Waals surface area contributed by atoms with Crippen molar-refractivity contribution in [3.05, 3.63) is 30.1 Å². The predicted molar refractivity (Wildman–Crippen MR) is 50.0 cm³/mol. The largest absolute Gasteiger partial charge is 0.300 e. The van der Waals surface area contributed by atoms with Gasteiger partial charge in [-0.2, -0.15) is 0 Å². The molecule has 0 unspecified atom stereocenters. The molecule has 66 valence electrons. The summed E-state index contributed by atoms with van der Waals surface area (Å²) in [7, 11) is 0. The van der Waals surface area contributed by atoms with Crippen LogP contribution in [0, 0.1) is 0 Å². The first-order chi connectivity index (χ1) is 5.79. The minimum atomic E-state index is 0.174. The fraction of sp³-hybridized carbons (Fsp3) is 0.400. The third kappa shape index (κ3) is 4.61. The maximum atomic E-state index is 10.6. The number of ketones is 1. The Morgan fingerprint density at radius 3 is 2.58 bits per heavy atom. The van der Waals surface area contributed by atoms with Gasteiger partial charge in [-0.3, -0.25) is 9.78 Å². The maximum Gasteiger partial charge on any atom is 0.134 e. The Morgan fingerprint density at radius 2 is 2.17 bits per heavy atom. The van der Waals surface area contributed by atoms with E-state index in [1.54, 1.807) is 19.3 Å². The molecule has 0 aromatic carbocycles. The van der Waals surface area contributed by atoms with E-state index >= 15 is 0 Å². The van der Waals surface area contributed by atoms with Gasteiger partial charge in [-0.15, -0.1) is 0 Å². The monoisotopic (exact) mass is 165 g/mol. The van der Waals surface area contributed by atoms with Gasteiger partial charge in [-0.25, -0.2) is 0 Å². The Hall–Kier alpha value is -1.18. The van der Waals surface area contributed by atoms with Crippen LogP contribution in [0.4, 0.5) is 0 Å². The molecular weight excluding hydrogens is 150 g/mol. The van der Waals surface area contributed by atoms with E-state index in [2.05, 4.69) is 4.98 Å². The van der Waals surface area contributed by atoms with E-state index in [4.69, 9.17) is 0 Å². The van der Waals surface area contributed by atoms with Crippen LogP contribution in [0.5, 0.6) is 0 Å². The molecule has 0 saturated heterocycles. The quantitative estimate of drug-likeness (QED) is 0.672. The highest BCUT2D eigenvalue weighted by Gasteiger charge is 1.94. The van der Waals surface area contributed by atoms with E-state index in [1.807, 2.05) is 26.0 Å². The highest BCUT2D eigenvalue weighted by Crippen LogP contribution is 1.96. The molecule has 1 aromatic rings. The van der Waals surface area contributed by atoms with Gasteiger partial charge in [-0.05, 0) is 18.6 Å². The van der Waals surface area contributed by atoms with Crippen molar-refractivity contribution in [1.29, 1.82) is 0 Å². The Balaban J connectivity index is 0.000000561. The molecule has 2 heteroatoms. The standard InChI is InChI=1S/C8H9NO.C2H6/c1-7(10)5-8-3-2-4-9-6-8;1-2/h2-4,6H,5H2,1H3;1-2H3. The van der Waals surface area contributed by atoms with E-state index in [-0.39, 0.29) is 5.78 Å². The number of nitrogens with zero attached hydrogens (tertiary/aromatic N) is 1. The fourth-order valence-electron chi connectivity index (χ4n) is 0.790. The summed E-state index contributed by atoms with van der Waals surface area (Å²) >= 11 is 0. The van der Waals surface area contributed by atoms with E-state index in [9.17, 15) is 4.79 Å². The van der Waals surface area contributed by atoms with Gasteiger partial charge < -0.3 is 0 Å². The molecule has 0 bridgehead atoms. The lowest BCUT2D eigenvalue weighted by Gasteiger charge is -1.92. The van der Waals surface area contributed by atoms with Crippen LogP contribution < -0.4 is 0 Å². The first-order valence-electron chi connectivity index (χ1n) is 4.17. The second-order valence-electron chi connectivity index (χ2n) is 2.24. The number of carbonyl (C=O) groups excluding carboxylic acids is 1. The lowest BCUT2D eigenvalue weighted by molar-refractivity contribution is -0.116. The van der Waals surface area contributed by atoms with Gasteiger partial charge >= 0.3 is 0 Å². The van der Waals surface area contributed by atoms with Crippen LogP contribution in [0.2, 0.25) is 0 Å². The molecule has 1 rings (SSSR count). The Labute approximate surface area is 73.6 Å². The van der Waals surface area contributed by atoms with Crippen molar-refractivity contribution in [1.82, 2.24) is 4.98 Å². The van der Waals surface area contributed by atoms with Crippen molar-refractivity contribution in [3.8, 4) is 0 Å². The summed E-state index contributed by atoms with van der Waals surface area (Å²) in [5.41, 5.74) is 0.981. The third-order valence-electron chi connectivity index (χ3n) is 1.18. The topological polar surface area (TPSA) is 30.0 Å². The van der Waals surface area contributed by atoms with Gasteiger partial charge in [-0.1, -0.05) is 19.9 Å². The average molecular weight is 165 g/mol. The number of Topliss-reactive ketones (excluding diaryl/α,β-unsaturated/α-hetero) is 1. The molecular formula is C10H15NO. The van der Waals surface area contributed by atoms with Crippen LogP contribution in [-0.2, 0) is 11.2 Å². The number of hydrogen-bond donors (Lipinski definition) is 0. The van der Waals surface area contributed by atoms with Gasteiger partial charge in [0.25, 0.3) is 0 Å². The predicted octanol–water partition coefficient (Wildman–Crippen LogP) is 2.24. The van der Waals surface area contributed by atoms with Gasteiger partial charge in [0.05, 0.1) is 0 Å². The van der Waals surface area contributed by atoms with Crippen molar-refractivity contribution in [3.63, 3.8) is 0 Å². The number of pyridine rings is 1. The van der Waals surface area contributed by atoms with Crippen molar-refractivity contribution >= 4 is 5.78 Å². The van der Waals surface area contributed by atoms with Gasteiger partial charge in [0, 0.05) is 18.8 Å². The summed E-state index contributed by atoms with van der Waals surface area (Å²) in [6, 6.07) is 3.73. The molecule has 0 radical (unpaired) electrons. The summed E-state index contributed by atoms with van der Waals surface area (Å²) in [5, 5.41) is 0. The van der Waals surface area contributed by atoms with E-state index in [0.717, 1.165) is 5.56 Å². The van der Waals surface area contributed by atoms with Crippen LogP contribution in [0.1, 0.15) is 26.3 Å². The number of hydrogen-bond acceptors (Lipinski definition) is 2. The van der Waals surface area contributed by atoms with Crippen LogP contribution in [0.3, 0.4) is 0 Å². The van der Waals surface area contributed by atoms with Crippen molar-refractivity contribution < 1.29 is 4.79 Å². The lowest BCUT2D eigenvalue weighted by Crippen LogP contribution is -1.95. The molecule has 0 N–H and O–H groups in total. The Kier molecular flexibility index (Phi) is 5.88. The summed E-state index contributed by atoms with van der Waals surface area (Å²) in [6.07, 6.45) is 3.90. The third-order valence-corrected chi connectivity index (χ3v) is 1.18. The molecule has 0 aliphatic heterocycles. The normalized spacial score (nSPS) is 8.25. The van der Waals surface area contributed by atoms with Crippen LogP contribution in [0.15, 0.2) is 24.5 Å². The summed E-state index contributed by atoms with van der Waals surface area (Å²) in [6.45, 7) is 5.58. The zero-order valence-electron chi connectivity index (χ0n) is 7.87. The molecule has 0 spiro atoms. The minimum absolute atomic E-state index is 0.174. The molecule has 0 aliphatic carbocycles. The number of aromatic nitrogens is 1. The molecule has 0 amide bonds. The van der Waals surface area contributed by atoms with Crippen molar-refractivity contribution in [2.24, 2.45) is 0 Å². The summed E-state index contributed by atoms with van der Waals surface area (Å²) in [4.78, 5) is 14.5. The second kappa shape index (κ2) is 6.53. The van der Waals surface area contributed by atoms with Crippen LogP contribution in [-0.4, -0.2) is 10.8 Å². The van der Waals surface area contributed by atoms with Gasteiger partial charge in [0.2, 0.25) is 0 Å². The molecule has 0 fully saturated rings. The Morgan fingerprint density at radius 1 is 1.50 bits per heavy atom. The fourth-order valence-corrected chi connectivity index (χ4v) is 0.790. The highest BCUT2D eigenvalue weighted by atomic mass is 16.1. The minimum Gasteiger partial charge on any atom is -0.300 e. The number of rotatable bonds is 2. The zero-order chi connectivity index (χ0) is 9.40. The molecule has 1 heterocycles. The summed E-state index contributed by atoms with van der Waals surface area (Å²) in [5.74, 6) is 0.174. The molecule has 0 aliphatic rings. The lowest BCUT2D eigenvalue weighted by atomic mass is 10.2. The summed E-state index contributed by atoms with van der Waals surface area (Å²) < 4.78 is 0. The van der Waals surface area contributed by atoms with Gasteiger partial charge in [0.15, 0.2) is 0 Å². The van der Waals surface area contributed by atoms with Crippen LogP contribution >= 0.6 is 0 Å². The van der Waals surface area contributed by atoms with Crippen molar-refractivity contribution in [2.75, 3.05) is 0 Å². The van der Waals surface area contributed by atoms with Gasteiger partial charge in [0.1, 0.15) is 5.78 Å². The molecule has 1 aromatic heterocycles. The molecule has 0 saturated carbocycles. The number of carbonyl (C=O) groups is 1. The molecule has 0 atom stereocenters. The first kappa shape index (κ1) is 10.8. The maximum absolute atomic E-state index is 10.6. The zero-order valence-corrected chi connectivity index (χ0v) is 7.87. The van der Waals surface area contributed by atoms with Crippen molar-refractivity contribution in [2.45, 2.75) is 27.2 Å².